The van der Waals surface area contributed by atoms with Gasteiger partial charge in [-0.1, -0.05) is 0 Å². The third-order valence-corrected chi connectivity index (χ3v) is 6.32. The number of sulfonamides is 1. The molecule has 1 atom stereocenters. The molecule has 20 heavy (non-hydrogen) atoms. The Morgan fingerprint density at radius 1 is 1.60 bits per heavy atom. The molecule has 1 aliphatic heterocycles. The Balaban J connectivity index is 2.36. The fourth-order valence-electron chi connectivity index (χ4n) is 2.15. The molecular formula is C11H16N2O5S2. The van der Waals surface area contributed by atoms with Gasteiger partial charge in [-0.05, 0) is 19.8 Å². The number of rotatable bonds is 3. The van der Waals surface area contributed by atoms with E-state index >= 15 is 0 Å². The quantitative estimate of drug-likeness (QED) is 0.813. The minimum atomic E-state index is -3.85. The van der Waals surface area contributed by atoms with Crippen molar-refractivity contribution in [3.63, 3.8) is 0 Å². The molecule has 9 heteroatoms. The number of ether oxygens (including phenoxy) is 1. The Morgan fingerprint density at radius 2 is 2.30 bits per heavy atom. The molecule has 0 spiro atoms. The van der Waals surface area contributed by atoms with Crippen LogP contribution in [-0.4, -0.2) is 54.6 Å². The number of methoxy groups -OCH3 is 1. The maximum Gasteiger partial charge on any atom is 0.358 e. The van der Waals surface area contributed by atoms with Crippen molar-refractivity contribution in [2.75, 3.05) is 20.2 Å². The molecule has 0 amide bonds. The molecule has 1 aromatic rings. The van der Waals surface area contributed by atoms with Crippen LogP contribution in [0.3, 0.4) is 0 Å². The molecule has 1 aliphatic rings. The Bertz CT molecular complexity index is 608. The van der Waals surface area contributed by atoms with Crippen molar-refractivity contribution in [3.8, 4) is 0 Å². The molecule has 2 rings (SSSR count). The predicted octanol–water partition coefficient (Wildman–Crippen LogP) is 0.465. The summed E-state index contributed by atoms with van der Waals surface area (Å²) >= 11 is 0.871. The van der Waals surface area contributed by atoms with Crippen LogP contribution >= 0.6 is 11.3 Å². The minimum absolute atomic E-state index is 0.00778. The second kappa shape index (κ2) is 5.40. The minimum Gasteiger partial charge on any atom is -0.464 e. The molecule has 1 fully saturated rings. The van der Waals surface area contributed by atoms with Gasteiger partial charge < -0.3 is 9.84 Å². The second-order valence-electron chi connectivity index (χ2n) is 4.92. The summed E-state index contributed by atoms with van der Waals surface area (Å²) in [7, 11) is -2.68. The Labute approximate surface area is 121 Å². The zero-order valence-corrected chi connectivity index (χ0v) is 12.8. The van der Waals surface area contributed by atoms with Crippen molar-refractivity contribution in [1.82, 2.24) is 9.29 Å². The number of hydrogen-bond acceptors (Lipinski definition) is 7. The van der Waals surface area contributed by atoms with Gasteiger partial charge in [-0.3, -0.25) is 0 Å². The average molecular weight is 320 g/mol. The largest absolute Gasteiger partial charge is 0.464 e. The number of β-amino-alcohol motifs (C(OH)–C–C–N with tert-alkyl or cyclic N) is 1. The molecule has 1 aromatic heterocycles. The first-order chi connectivity index (χ1) is 9.28. The van der Waals surface area contributed by atoms with Crippen molar-refractivity contribution >= 4 is 27.3 Å². The molecule has 1 unspecified atom stereocenters. The van der Waals surface area contributed by atoms with Crippen LogP contribution in [0.4, 0.5) is 0 Å². The van der Waals surface area contributed by atoms with Gasteiger partial charge in [-0.25, -0.2) is 18.2 Å². The number of piperidine rings is 1. The molecule has 0 bridgehead atoms. The van der Waals surface area contributed by atoms with E-state index < -0.39 is 21.6 Å². The highest BCUT2D eigenvalue weighted by molar-refractivity contribution is 7.91. The monoisotopic (exact) mass is 320 g/mol. The fraction of sp³-hybridized carbons (Fsp3) is 0.636. The van der Waals surface area contributed by atoms with E-state index in [2.05, 4.69) is 9.72 Å². The van der Waals surface area contributed by atoms with Gasteiger partial charge in [0, 0.05) is 13.1 Å². The zero-order chi connectivity index (χ0) is 15.0. The first-order valence-electron chi connectivity index (χ1n) is 6.02. The lowest BCUT2D eigenvalue weighted by Gasteiger charge is -2.35. The van der Waals surface area contributed by atoms with Crippen LogP contribution in [0.5, 0.6) is 0 Å². The van der Waals surface area contributed by atoms with Crippen LogP contribution < -0.4 is 0 Å². The van der Waals surface area contributed by atoms with E-state index in [0.717, 1.165) is 11.3 Å². The van der Waals surface area contributed by atoms with Crippen LogP contribution in [0, 0.1) is 0 Å². The third-order valence-electron chi connectivity index (χ3n) is 3.13. The van der Waals surface area contributed by atoms with Crippen LogP contribution in [0.1, 0.15) is 30.3 Å². The number of nitrogens with zero attached hydrogens (tertiary/aromatic N) is 2. The SMILES string of the molecule is COC(=O)c1ncsc1S(=O)(=O)N1CCCC(C)(O)C1. The molecular weight excluding hydrogens is 304 g/mol. The molecule has 0 radical (unpaired) electrons. The summed E-state index contributed by atoms with van der Waals surface area (Å²) in [5.74, 6) is -0.784. The normalized spacial score (nSPS) is 24.6. The summed E-state index contributed by atoms with van der Waals surface area (Å²) in [5.41, 5.74) is 0.0329. The topological polar surface area (TPSA) is 96.8 Å². The summed E-state index contributed by atoms with van der Waals surface area (Å²) in [5, 5.41) is 10.0. The lowest BCUT2D eigenvalue weighted by molar-refractivity contribution is 0.00944. The van der Waals surface area contributed by atoms with Gasteiger partial charge in [0.15, 0.2) is 9.90 Å². The highest BCUT2D eigenvalue weighted by atomic mass is 32.2. The summed E-state index contributed by atoms with van der Waals surface area (Å²) in [4.78, 5) is 15.3. The smallest absolute Gasteiger partial charge is 0.358 e. The zero-order valence-electron chi connectivity index (χ0n) is 11.2. The average Bonchev–Trinajstić information content (AvgIpc) is 2.86. The highest BCUT2D eigenvalue weighted by Gasteiger charge is 2.38. The van der Waals surface area contributed by atoms with Crippen molar-refractivity contribution in [2.45, 2.75) is 29.6 Å². The lowest BCUT2D eigenvalue weighted by Crippen LogP contribution is -2.48. The van der Waals surface area contributed by atoms with Crippen molar-refractivity contribution < 1.29 is 23.1 Å². The van der Waals surface area contributed by atoms with E-state index in [1.165, 1.54) is 16.9 Å². The van der Waals surface area contributed by atoms with Gasteiger partial charge in [0.2, 0.25) is 0 Å². The Morgan fingerprint density at radius 3 is 2.90 bits per heavy atom. The van der Waals surface area contributed by atoms with Crippen LogP contribution in [0.15, 0.2) is 9.72 Å². The summed E-state index contributed by atoms with van der Waals surface area (Å²) in [6.45, 7) is 1.92. The maximum atomic E-state index is 12.6. The van der Waals surface area contributed by atoms with Crippen molar-refractivity contribution in [3.05, 3.63) is 11.2 Å². The van der Waals surface area contributed by atoms with E-state index in [9.17, 15) is 18.3 Å². The Hall–Kier alpha value is -1.03. The molecule has 1 saturated heterocycles. The number of aromatic nitrogens is 1. The van der Waals surface area contributed by atoms with Crippen LogP contribution in [0.2, 0.25) is 0 Å². The number of aliphatic hydroxyl groups is 1. The van der Waals surface area contributed by atoms with E-state index in [4.69, 9.17) is 0 Å². The second-order valence-corrected chi connectivity index (χ2v) is 7.91. The highest BCUT2D eigenvalue weighted by Crippen LogP contribution is 2.29. The van der Waals surface area contributed by atoms with Gasteiger partial charge in [-0.2, -0.15) is 4.31 Å². The molecule has 0 aromatic carbocycles. The van der Waals surface area contributed by atoms with E-state index in [-0.39, 0.29) is 16.4 Å². The molecule has 0 saturated carbocycles. The summed E-state index contributed by atoms with van der Waals surface area (Å²) < 4.78 is 30.7. The van der Waals surface area contributed by atoms with Gasteiger partial charge in [0.25, 0.3) is 10.0 Å². The van der Waals surface area contributed by atoms with Crippen LogP contribution in [0.25, 0.3) is 0 Å². The van der Waals surface area contributed by atoms with Crippen molar-refractivity contribution in [1.29, 1.82) is 0 Å². The van der Waals surface area contributed by atoms with Crippen LogP contribution in [-0.2, 0) is 14.8 Å². The third kappa shape index (κ3) is 2.85. The molecule has 1 N–H and O–H groups in total. The predicted molar refractivity (Wildman–Crippen MR) is 72.1 cm³/mol. The molecule has 112 valence electrons. The molecule has 2 heterocycles. The fourth-order valence-corrected chi connectivity index (χ4v) is 5.01. The Kier molecular flexibility index (Phi) is 4.14. The summed E-state index contributed by atoms with van der Waals surface area (Å²) in [6.07, 6.45) is 1.12. The van der Waals surface area contributed by atoms with Crippen molar-refractivity contribution in [2.24, 2.45) is 0 Å². The number of thiazole rings is 1. The number of carbonyl (C=O) groups excluding carboxylic acids is 1. The van der Waals surface area contributed by atoms with Gasteiger partial charge >= 0.3 is 5.97 Å². The van der Waals surface area contributed by atoms with Gasteiger partial charge in [0.05, 0.1) is 18.2 Å². The van der Waals surface area contributed by atoms with Gasteiger partial charge in [-0.15, -0.1) is 11.3 Å². The first kappa shape index (κ1) is 15.4. The van der Waals surface area contributed by atoms with E-state index in [1.54, 1.807) is 6.92 Å². The number of esters is 1. The van der Waals surface area contributed by atoms with E-state index in [0.29, 0.717) is 19.4 Å². The molecule has 0 aliphatic carbocycles. The van der Waals surface area contributed by atoms with E-state index in [1.807, 2.05) is 0 Å². The van der Waals surface area contributed by atoms with Gasteiger partial charge in [0.1, 0.15) is 0 Å². The maximum absolute atomic E-state index is 12.6. The summed E-state index contributed by atoms with van der Waals surface area (Å²) in [6, 6.07) is 0. The number of hydrogen-bond donors (Lipinski definition) is 1. The standard InChI is InChI=1S/C11H16N2O5S2/c1-11(15)4-3-5-13(6-11)20(16,17)10-8(9(14)18-2)12-7-19-10/h7,15H,3-6H2,1-2H3. The lowest BCUT2D eigenvalue weighted by atomic mass is 9.97. The number of carbonyl (C=O) groups is 1. The molecule has 7 nitrogen and oxygen atoms in total. The first-order valence-corrected chi connectivity index (χ1v) is 8.34.